The third kappa shape index (κ3) is 2.90. The molecule has 0 aromatic heterocycles. The quantitative estimate of drug-likeness (QED) is 0.777. The van der Waals surface area contributed by atoms with E-state index in [1.165, 1.54) is 6.42 Å². The minimum absolute atomic E-state index is 0.0447. The predicted molar refractivity (Wildman–Crippen MR) is 84.0 cm³/mol. The van der Waals surface area contributed by atoms with E-state index in [4.69, 9.17) is 0 Å². The lowest BCUT2D eigenvalue weighted by atomic mass is 9.84. The summed E-state index contributed by atoms with van der Waals surface area (Å²) in [6, 6.07) is 9.35. The minimum Gasteiger partial charge on any atom is -0.396 e. The Bertz CT molecular complexity index is 528. The van der Waals surface area contributed by atoms with E-state index < -0.39 is 5.60 Å². The molecule has 3 rings (SSSR count). The lowest BCUT2D eigenvalue weighted by molar-refractivity contribution is -0.127. The third-order valence-electron chi connectivity index (χ3n) is 5.53. The first-order valence-corrected chi connectivity index (χ1v) is 8.19. The van der Waals surface area contributed by atoms with E-state index in [1.54, 1.807) is 6.92 Å². The summed E-state index contributed by atoms with van der Waals surface area (Å²) < 4.78 is 0. The zero-order chi connectivity index (χ0) is 15.7. The van der Waals surface area contributed by atoms with Crippen molar-refractivity contribution in [1.29, 1.82) is 0 Å². The van der Waals surface area contributed by atoms with Crippen LogP contribution in [0.4, 0.5) is 0 Å². The number of fused-ring (bicyclic) bond motifs is 2. The molecule has 0 heterocycles. The number of benzene rings is 1. The number of aliphatic hydroxyl groups is 2. The van der Waals surface area contributed by atoms with E-state index in [2.05, 4.69) is 5.32 Å². The average Bonchev–Trinajstić information content (AvgIpc) is 3.08. The Morgan fingerprint density at radius 2 is 1.95 bits per heavy atom. The van der Waals surface area contributed by atoms with Crippen LogP contribution in [0.15, 0.2) is 30.3 Å². The number of hydrogen-bond acceptors (Lipinski definition) is 3. The van der Waals surface area contributed by atoms with Crippen molar-refractivity contribution in [2.75, 3.05) is 6.61 Å². The van der Waals surface area contributed by atoms with Gasteiger partial charge in [0.2, 0.25) is 5.91 Å². The molecule has 2 fully saturated rings. The molecule has 2 aliphatic rings. The van der Waals surface area contributed by atoms with Gasteiger partial charge in [0.25, 0.3) is 0 Å². The molecule has 1 aromatic carbocycles. The molecule has 3 N–H and O–H groups in total. The lowest BCUT2D eigenvalue weighted by Crippen LogP contribution is -2.46. The van der Waals surface area contributed by atoms with Gasteiger partial charge in [-0.3, -0.25) is 4.79 Å². The first-order chi connectivity index (χ1) is 10.5. The molecule has 4 nitrogen and oxygen atoms in total. The number of amides is 1. The van der Waals surface area contributed by atoms with E-state index in [-0.39, 0.29) is 30.9 Å². The molecule has 5 unspecified atom stereocenters. The SMILES string of the molecule is CC(O)(CC(=O)NC1C2CCC(C2)C1CO)c1ccccc1. The fourth-order valence-corrected chi connectivity index (χ4v) is 4.35. The second kappa shape index (κ2) is 6.01. The average molecular weight is 303 g/mol. The zero-order valence-electron chi connectivity index (χ0n) is 13.0. The highest BCUT2D eigenvalue weighted by atomic mass is 16.3. The molecule has 0 aliphatic heterocycles. The van der Waals surface area contributed by atoms with E-state index >= 15 is 0 Å². The molecule has 5 atom stereocenters. The summed E-state index contributed by atoms with van der Waals surface area (Å²) in [5.41, 5.74) is -0.422. The molecule has 1 aromatic rings. The Labute approximate surface area is 131 Å². The van der Waals surface area contributed by atoms with Crippen molar-refractivity contribution in [1.82, 2.24) is 5.32 Å². The maximum Gasteiger partial charge on any atom is 0.223 e. The first-order valence-electron chi connectivity index (χ1n) is 8.19. The molecule has 4 heteroatoms. The Morgan fingerprint density at radius 1 is 1.27 bits per heavy atom. The van der Waals surface area contributed by atoms with Gasteiger partial charge in [-0.15, -0.1) is 0 Å². The van der Waals surface area contributed by atoms with Gasteiger partial charge in [0.05, 0.1) is 12.0 Å². The summed E-state index contributed by atoms with van der Waals surface area (Å²) in [6.45, 7) is 1.81. The van der Waals surface area contributed by atoms with Gasteiger partial charge in [-0.05, 0) is 43.6 Å². The maximum absolute atomic E-state index is 12.4. The van der Waals surface area contributed by atoms with Crippen molar-refractivity contribution in [3.8, 4) is 0 Å². The summed E-state index contributed by atoms with van der Waals surface area (Å²) in [5.74, 6) is 1.09. The number of nitrogens with one attached hydrogen (secondary N) is 1. The molecule has 0 spiro atoms. The van der Waals surface area contributed by atoms with E-state index in [9.17, 15) is 15.0 Å². The van der Waals surface area contributed by atoms with Crippen molar-refractivity contribution in [3.63, 3.8) is 0 Å². The van der Waals surface area contributed by atoms with Crippen molar-refractivity contribution < 1.29 is 15.0 Å². The molecule has 0 radical (unpaired) electrons. The van der Waals surface area contributed by atoms with Crippen LogP contribution in [-0.4, -0.2) is 28.8 Å². The molecule has 2 aliphatic carbocycles. The maximum atomic E-state index is 12.4. The van der Waals surface area contributed by atoms with Crippen LogP contribution in [0, 0.1) is 17.8 Å². The second-order valence-electron chi connectivity index (χ2n) is 7.09. The summed E-state index contributed by atoms with van der Waals surface area (Å²) in [4.78, 5) is 12.4. The van der Waals surface area contributed by atoms with Crippen molar-refractivity contribution >= 4 is 5.91 Å². The number of carbonyl (C=O) groups is 1. The van der Waals surface area contributed by atoms with Crippen molar-refractivity contribution in [3.05, 3.63) is 35.9 Å². The Morgan fingerprint density at radius 3 is 2.64 bits per heavy atom. The normalized spacial score (nSPS) is 32.7. The fraction of sp³-hybridized carbons (Fsp3) is 0.611. The molecular weight excluding hydrogens is 278 g/mol. The Balaban J connectivity index is 1.63. The summed E-state index contributed by atoms with van der Waals surface area (Å²) >= 11 is 0. The van der Waals surface area contributed by atoms with E-state index in [1.807, 2.05) is 30.3 Å². The number of rotatable bonds is 5. The van der Waals surface area contributed by atoms with Crippen LogP contribution in [0.1, 0.15) is 38.2 Å². The molecule has 1 amide bonds. The molecule has 2 bridgehead atoms. The largest absolute Gasteiger partial charge is 0.396 e. The van der Waals surface area contributed by atoms with Crippen LogP contribution in [0.3, 0.4) is 0 Å². The van der Waals surface area contributed by atoms with Gasteiger partial charge >= 0.3 is 0 Å². The number of aliphatic hydroxyl groups excluding tert-OH is 1. The van der Waals surface area contributed by atoms with Gasteiger partial charge in [-0.2, -0.15) is 0 Å². The Kier molecular flexibility index (Phi) is 4.24. The third-order valence-corrected chi connectivity index (χ3v) is 5.53. The second-order valence-corrected chi connectivity index (χ2v) is 7.09. The number of carbonyl (C=O) groups excluding carboxylic acids is 1. The van der Waals surface area contributed by atoms with Crippen LogP contribution in [-0.2, 0) is 10.4 Å². The highest BCUT2D eigenvalue weighted by Gasteiger charge is 2.47. The van der Waals surface area contributed by atoms with Gasteiger partial charge in [-0.25, -0.2) is 0 Å². The van der Waals surface area contributed by atoms with Gasteiger partial charge in [0, 0.05) is 18.6 Å². The highest BCUT2D eigenvalue weighted by Crippen LogP contribution is 2.48. The summed E-state index contributed by atoms with van der Waals surface area (Å²) in [5, 5.41) is 23.2. The minimum atomic E-state index is -1.17. The Hall–Kier alpha value is -1.39. The molecule has 0 saturated heterocycles. The smallest absolute Gasteiger partial charge is 0.223 e. The van der Waals surface area contributed by atoms with Gasteiger partial charge < -0.3 is 15.5 Å². The monoisotopic (exact) mass is 303 g/mol. The van der Waals surface area contributed by atoms with Crippen LogP contribution in [0.25, 0.3) is 0 Å². The standard InChI is InChI=1S/C18H25NO3/c1-18(22,14-5-3-2-4-6-14)10-16(21)19-17-13-8-7-12(9-13)15(17)11-20/h2-6,12-13,15,17,20,22H,7-11H2,1H3,(H,19,21). The lowest BCUT2D eigenvalue weighted by Gasteiger charge is -2.32. The molecule has 22 heavy (non-hydrogen) atoms. The predicted octanol–water partition coefficient (Wildman–Crippen LogP) is 1.81. The molecule has 2 saturated carbocycles. The van der Waals surface area contributed by atoms with Crippen LogP contribution in [0.5, 0.6) is 0 Å². The topological polar surface area (TPSA) is 69.6 Å². The number of hydrogen-bond donors (Lipinski definition) is 3. The van der Waals surface area contributed by atoms with Gasteiger partial charge in [0.15, 0.2) is 0 Å². The van der Waals surface area contributed by atoms with Gasteiger partial charge in [0.1, 0.15) is 0 Å². The fourth-order valence-electron chi connectivity index (χ4n) is 4.35. The molecular formula is C18H25NO3. The zero-order valence-corrected chi connectivity index (χ0v) is 13.0. The summed E-state index contributed by atoms with van der Waals surface area (Å²) in [7, 11) is 0. The summed E-state index contributed by atoms with van der Waals surface area (Å²) in [6.07, 6.45) is 3.47. The molecule has 120 valence electrons. The van der Waals surface area contributed by atoms with Crippen molar-refractivity contribution in [2.24, 2.45) is 17.8 Å². The van der Waals surface area contributed by atoms with Crippen LogP contribution < -0.4 is 5.32 Å². The van der Waals surface area contributed by atoms with Gasteiger partial charge in [-0.1, -0.05) is 30.3 Å². The van der Waals surface area contributed by atoms with Crippen molar-refractivity contribution in [2.45, 2.75) is 44.2 Å². The van der Waals surface area contributed by atoms with E-state index in [0.29, 0.717) is 11.8 Å². The first kappa shape index (κ1) is 15.5. The van der Waals surface area contributed by atoms with Crippen LogP contribution in [0.2, 0.25) is 0 Å². The van der Waals surface area contributed by atoms with Crippen LogP contribution >= 0.6 is 0 Å². The highest BCUT2D eigenvalue weighted by molar-refractivity contribution is 5.77. The van der Waals surface area contributed by atoms with E-state index in [0.717, 1.165) is 18.4 Å².